The molecule has 1 unspecified atom stereocenters. The van der Waals surface area contributed by atoms with Crippen molar-refractivity contribution in [2.24, 2.45) is 22.7 Å². The Hall–Kier alpha value is -0.700. The van der Waals surface area contributed by atoms with Gasteiger partial charge in [0.25, 0.3) is 0 Å². The van der Waals surface area contributed by atoms with Gasteiger partial charge in [-0.25, -0.2) is 0 Å². The van der Waals surface area contributed by atoms with E-state index in [2.05, 4.69) is 20.8 Å². The highest BCUT2D eigenvalue weighted by molar-refractivity contribution is 5.98. The summed E-state index contributed by atoms with van der Waals surface area (Å²) in [6, 6.07) is 0. The van der Waals surface area contributed by atoms with Crippen LogP contribution in [0.5, 0.6) is 0 Å². The lowest BCUT2D eigenvalue weighted by Crippen LogP contribution is -2.60. The zero-order valence-corrected chi connectivity index (χ0v) is 12.7. The predicted octanol–water partition coefficient (Wildman–Crippen LogP) is 3.01. The molecule has 1 heterocycles. The molecule has 2 fully saturated rings. The lowest BCUT2D eigenvalue weighted by atomic mass is 9.55. The van der Waals surface area contributed by atoms with E-state index in [1.54, 1.807) is 0 Å². The van der Waals surface area contributed by atoms with E-state index in [9.17, 15) is 9.59 Å². The topological polar surface area (TPSA) is 43.4 Å². The van der Waals surface area contributed by atoms with Crippen molar-refractivity contribution in [1.29, 1.82) is 0 Å². The monoisotopic (exact) mass is 266 g/mol. The average Bonchev–Trinajstić information content (AvgIpc) is 2.33. The maximum atomic E-state index is 12.4. The minimum absolute atomic E-state index is 0.0472. The summed E-state index contributed by atoms with van der Waals surface area (Å²) < 4.78 is 6.30. The Morgan fingerprint density at radius 3 is 2.47 bits per heavy atom. The van der Waals surface area contributed by atoms with Crippen LogP contribution in [-0.4, -0.2) is 24.3 Å². The van der Waals surface area contributed by atoms with Gasteiger partial charge in [-0.1, -0.05) is 34.6 Å². The van der Waals surface area contributed by atoms with Crippen LogP contribution in [0, 0.1) is 22.7 Å². The van der Waals surface area contributed by atoms with Crippen molar-refractivity contribution in [3.63, 3.8) is 0 Å². The fraction of sp³-hybridized carbons (Fsp3) is 0.875. The number of hydrogen-bond acceptors (Lipinski definition) is 3. The van der Waals surface area contributed by atoms with Crippen LogP contribution >= 0.6 is 0 Å². The lowest BCUT2D eigenvalue weighted by Gasteiger charge is -2.55. The SMILES string of the molecule is CC(C)[C@H]1CC[C@@]2(C)CC(C=O)C(=O)C(C)(C)[C@@H]2O1. The van der Waals surface area contributed by atoms with Crippen molar-refractivity contribution >= 4 is 12.1 Å². The smallest absolute Gasteiger partial charge is 0.151 e. The maximum Gasteiger partial charge on any atom is 0.151 e. The summed E-state index contributed by atoms with van der Waals surface area (Å²) in [5.74, 6) is 0.0732. The van der Waals surface area contributed by atoms with Gasteiger partial charge in [-0.05, 0) is 30.6 Å². The zero-order valence-electron chi connectivity index (χ0n) is 12.7. The molecule has 108 valence electrons. The van der Waals surface area contributed by atoms with Crippen LogP contribution in [0.2, 0.25) is 0 Å². The summed E-state index contributed by atoms with van der Waals surface area (Å²) in [6.07, 6.45) is 3.72. The Morgan fingerprint density at radius 2 is 1.95 bits per heavy atom. The van der Waals surface area contributed by atoms with E-state index in [4.69, 9.17) is 4.74 Å². The second-order valence-corrected chi connectivity index (χ2v) is 7.52. The first-order valence-corrected chi connectivity index (χ1v) is 7.37. The Kier molecular flexibility index (Phi) is 3.63. The molecule has 0 aromatic carbocycles. The fourth-order valence-corrected chi connectivity index (χ4v) is 4.06. The number of rotatable bonds is 2. The number of Topliss-reactive ketones (excluding diaryl/α,β-unsaturated/α-hetero) is 1. The molecule has 1 aliphatic heterocycles. The van der Waals surface area contributed by atoms with Crippen LogP contribution in [-0.2, 0) is 14.3 Å². The summed E-state index contributed by atoms with van der Waals surface area (Å²) in [4.78, 5) is 23.6. The molecule has 2 aliphatic rings. The van der Waals surface area contributed by atoms with Crippen LogP contribution in [0.1, 0.15) is 53.9 Å². The average molecular weight is 266 g/mol. The molecule has 0 aromatic rings. The van der Waals surface area contributed by atoms with Crippen molar-refractivity contribution < 1.29 is 14.3 Å². The molecular weight excluding hydrogens is 240 g/mol. The third kappa shape index (κ3) is 2.26. The first-order valence-electron chi connectivity index (χ1n) is 7.37. The number of carbonyl (C=O) groups excluding carboxylic acids is 2. The van der Waals surface area contributed by atoms with Crippen LogP contribution in [0.4, 0.5) is 0 Å². The van der Waals surface area contributed by atoms with Crippen LogP contribution in [0.25, 0.3) is 0 Å². The first kappa shape index (κ1) is 14.7. The second-order valence-electron chi connectivity index (χ2n) is 7.52. The summed E-state index contributed by atoms with van der Waals surface area (Å²) in [7, 11) is 0. The van der Waals surface area contributed by atoms with Crippen molar-refractivity contribution in [1.82, 2.24) is 0 Å². The van der Waals surface area contributed by atoms with Gasteiger partial charge in [0.15, 0.2) is 5.78 Å². The molecule has 2 rings (SSSR count). The maximum absolute atomic E-state index is 12.4. The quantitative estimate of drug-likeness (QED) is 0.570. The number of carbonyl (C=O) groups is 2. The summed E-state index contributed by atoms with van der Waals surface area (Å²) in [6.45, 7) is 10.4. The van der Waals surface area contributed by atoms with E-state index in [0.717, 1.165) is 19.1 Å². The highest BCUT2D eigenvalue weighted by atomic mass is 16.5. The molecule has 0 aromatic heterocycles. The molecule has 3 nitrogen and oxygen atoms in total. The number of aldehydes is 1. The lowest BCUT2D eigenvalue weighted by molar-refractivity contribution is -0.206. The van der Waals surface area contributed by atoms with Crippen molar-refractivity contribution in [3.05, 3.63) is 0 Å². The summed E-state index contributed by atoms with van der Waals surface area (Å²) in [5.41, 5.74) is -0.611. The first-order chi connectivity index (χ1) is 8.72. The molecule has 3 heteroatoms. The molecule has 19 heavy (non-hydrogen) atoms. The Labute approximate surface area is 116 Å². The normalized spacial score (nSPS) is 42.0. The molecule has 0 spiro atoms. The predicted molar refractivity (Wildman–Crippen MR) is 73.8 cm³/mol. The number of ether oxygens (including phenoxy) is 1. The van der Waals surface area contributed by atoms with Gasteiger partial charge in [-0.15, -0.1) is 0 Å². The molecule has 0 amide bonds. The van der Waals surface area contributed by atoms with Gasteiger partial charge in [0.2, 0.25) is 0 Å². The van der Waals surface area contributed by atoms with Gasteiger partial charge in [-0.3, -0.25) is 4.79 Å². The Bertz CT molecular complexity index is 385. The third-order valence-electron chi connectivity index (χ3n) is 5.17. The van der Waals surface area contributed by atoms with E-state index in [-0.39, 0.29) is 23.4 Å². The standard InChI is InChI=1S/C16H26O3/c1-10(2)12-6-7-16(5)8-11(9-17)13(18)15(3,4)14(16)19-12/h9-12,14H,6-8H2,1-5H3/t11?,12-,14+,16+/m1/s1. The molecule has 4 atom stereocenters. The molecular formula is C16H26O3. The largest absolute Gasteiger partial charge is 0.373 e. The minimum atomic E-state index is -0.563. The van der Waals surface area contributed by atoms with E-state index >= 15 is 0 Å². The zero-order chi connectivity index (χ0) is 14.4. The van der Waals surface area contributed by atoms with Crippen LogP contribution in [0.3, 0.4) is 0 Å². The Balaban J connectivity index is 2.32. The second kappa shape index (κ2) is 4.69. The van der Waals surface area contributed by atoms with Gasteiger partial charge in [0.1, 0.15) is 6.29 Å². The van der Waals surface area contributed by atoms with Crippen molar-refractivity contribution in [2.75, 3.05) is 0 Å². The number of hydrogen-bond donors (Lipinski definition) is 0. The number of ketones is 1. The summed E-state index contributed by atoms with van der Waals surface area (Å²) in [5, 5.41) is 0. The highest BCUT2D eigenvalue weighted by Crippen LogP contribution is 2.53. The molecule has 0 bridgehead atoms. The van der Waals surface area contributed by atoms with E-state index < -0.39 is 11.3 Å². The van der Waals surface area contributed by atoms with Crippen LogP contribution in [0.15, 0.2) is 0 Å². The molecule has 1 saturated carbocycles. The molecule has 1 saturated heterocycles. The van der Waals surface area contributed by atoms with Crippen molar-refractivity contribution in [3.8, 4) is 0 Å². The number of fused-ring (bicyclic) bond motifs is 1. The molecule has 1 aliphatic carbocycles. The van der Waals surface area contributed by atoms with E-state index in [0.29, 0.717) is 12.3 Å². The fourth-order valence-electron chi connectivity index (χ4n) is 4.06. The van der Waals surface area contributed by atoms with Gasteiger partial charge < -0.3 is 9.53 Å². The molecule has 0 N–H and O–H groups in total. The minimum Gasteiger partial charge on any atom is -0.373 e. The third-order valence-corrected chi connectivity index (χ3v) is 5.17. The van der Waals surface area contributed by atoms with Gasteiger partial charge in [0, 0.05) is 0 Å². The van der Waals surface area contributed by atoms with Crippen molar-refractivity contribution in [2.45, 2.75) is 66.1 Å². The Morgan fingerprint density at radius 1 is 1.32 bits per heavy atom. The molecule has 0 radical (unpaired) electrons. The van der Waals surface area contributed by atoms with Gasteiger partial charge in [-0.2, -0.15) is 0 Å². The van der Waals surface area contributed by atoms with E-state index in [1.807, 2.05) is 13.8 Å². The highest BCUT2D eigenvalue weighted by Gasteiger charge is 2.57. The van der Waals surface area contributed by atoms with Gasteiger partial charge in [0.05, 0.1) is 23.5 Å². The van der Waals surface area contributed by atoms with E-state index in [1.165, 1.54) is 0 Å². The van der Waals surface area contributed by atoms with Gasteiger partial charge >= 0.3 is 0 Å². The van der Waals surface area contributed by atoms with Crippen LogP contribution < -0.4 is 0 Å². The summed E-state index contributed by atoms with van der Waals surface area (Å²) >= 11 is 0.